The van der Waals surface area contributed by atoms with Gasteiger partial charge in [-0.2, -0.15) is 0 Å². The average molecular weight is 315 g/mol. The second-order valence-corrected chi connectivity index (χ2v) is 6.29. The number of hydrogen-bond acceptors (Lipinski definition) is 3. The number of H-pyrrole nitrogens is 1. The Morgan fingerprint density at radius 2 is 2.13 bits per heavy atom. The zero-order chi connectivity index (χ0) is 16.6. The van der Waals surface area contributed by atoms with E-state index in [0.29, 0.717) is 5.69 Å². The highest BCUT2D eigenvalue weighted by Gasteiger charge is 2.54. The standard InChI is InChI=1S/C17H21N3O3/c1-17(12-7-4-3-5-8-12)15(22)20(16(23)19(17)2)11-14(21)13-9-6-10-18-13/h6-7,9-10,18H,3-5,8,11H2,1-2H3. The van der Waals surface area contributed by atoms with Gasteiger partial charge >= 0.3 is 6.03 Å². The molecule has 0 bridgehead atoms. The summed E-state index contributed by atoms with van der Waals surface area (Å²) in [7, 11) is 1.63. The molecule has 1 saturated heterocycles. The SMILES string of the molecule is CN1C(=O)N(CC(=O)c2ccc[nH]2)C(=O)C1(C)C1=CCCCC1. The molecule has 1 unspecified atom stereocenters. The number of urea groups is 1. The quantitative estimate of drug-likeness (QED) is 0.526. The van der Waals surface area contributed by atoms with Crippen LogP contribution < -0.4 is 0 Å². The zero-order valence-corrected chi connectivity index (χ0v) is 13.5. The van der Waals surface area contributed by atoms with Crippen LogP contribution in [0.3, 0.4) is 0 Å². The summed E-state index contributed by atoms with van der Waals surface area (Å²) in [6.07, 6.45) is 7.60. The van der Waals surface area contributed by atoms with Crippen molar-refractivity contribution in [3.05, 3.63) is 35.7 Å². The fourth-order valence-corrected chi connectivity index (χ4v) is 3.37. The van der Waals surface area contributed by atoms with Gasteiger partial charge in [0.15, 0.2) is 5.78 Å². The fraction of sp³-hybridized carbons (Fsp3) is 0.471. The van der Waals surface area contributed by atoms with Crippen LogP contribution in [0, 0.1) is 0 Å². The summed E-state index contributed by atoms with van der Waals surface area (Å²) in [6, 6.07) is 2.94. The van der Waals surface area contributed by atoms with E-state index >= 15 is 0 Å². The van der Waals surface area contributed by atoms with Gasteiger partial charge in [-0.1, -0.05) is 6.08 Å². The Morgan fingerprint density at radius 1 is 1.35 bits per heavy atom. The molecule has 0 aromatic carbocycles. The van der Waals surface area contributed by atoms with Crippen LogP contribution in [-0.2, 0) is 4.79 Å². The first-order chi connectivity index (χ1) is 11.0. The highest BCUT2D eigenvalue weighted by molar-refractivity contribution is 6.12. The van der Waals surface area contributed by atoms with Gasteiger partial charge in [0.2, 0.25) is 0 Å². The van der Waals surface area contributed by atoms with Gasteiger partial charge in [-0.25, -0.2) is 4.79 Å². The molecular weight excluding hydrogens is 294 g/mol. The van der Waals surface area contributed by atoms with Crippen LogP contribution in [0.5, 0.6) is 0 Å². The topological polar surface area (TPSA) is 73.5 Å². The lowest BCUT2D eigenvalue weighted by molar-refractivity contribution is -0.130. The maximum absolute atomic E-state index is 12.9. The van der Waals surface area contributed by atoms with Crippen LogP contribution in [0.15, 0.2) is 30.0 Å². The van der Waals surface area contributed by atoms with E-state index < -0.39 is 11.6 Å². The summed E-state index contributed by atoms with van der Waals surface area (Å²) >= 11 is 0. The van der Waals surface area contributed by atoms with Crippen molar-refractivity contribution >= 4 is 17.7 Å². The van der Waals surface area contributed by atoms with E-state index in [1.54, 1.807) is 32.3 Å². The lowest BCUT2D eigenvalue weighted by Crippen LogP contribution is -2.47. The van der Waals surface area contributed by atoms with Gasteiger partial charge in [-0.15, -0.1) is 0 Å². The summed E-state index contributed by atoms with van der Waals surface area (Å²) < 4.78 is 0. The summed E-state index contributed by atoms with van der Waals surface area (Å²) in [5.41, 5.74) is 0.422. The molecule has 1 N–H and O–H groups in total. The molecule has 3 rings (SSSR count). The predicted octanol–water partition coefficient (Wildman–Crippen LogP) is 2.35. The largest absolute Gasteiger partial charge is 0.359 e. The number of amides is 3. The Hall–Kier alpha value is -2.37. The second-order valence-electron chi connectivity index (χ2n) is 6.29. The van der Waals surface area contributed by atoms with Crippen molar-refractivity contribution in [2.24, 2.45) is 0 Å². The van der Waals surface area contributed by atoms with Crippen molar-refractivity contribution < 1.29 is 14.4 Å². The summed E-state index contributed by atoms with van der Waals surface area (Å²) in [5, 5.41) is 0. The molecule has 1 aliphatic heterocycles. The average Bonchev–Trinajstić information content (AvgIpc) is 3.16. The number of hydrogen-bond donors (Lipinski definition) is 1. The van der Waals surface area contributed by atoms with E-state index in [4.69, 9.17) is 0 Å². The number of allylic oxidation sites excluding steroid dienone is 1. The second kappa shape index (κ2) is 5.68. The number of nitrogens with zero attached hydrogens (tertiary/aromatic N) is 2. The van der Waals surface area contributed by atoms with E-state index in [0.717, 1.165) is 36.2 Å². The summed E-state index contributed by atoms with van der Waals surface area (Å²) in [5.74, 6) is -0.579. The lowest BCUT2D eigenvalue weighted by atomic mass is 9.83. The van der Waals surface area contributed by atoms with Gasteiger partial charge < -0.3 is 9.88 Å². The van der Waals surface area contributed by atoms with Crippen molar-refractivity contribution in [3.8, 4) is 0 Å². The first kappa shape index (κ1) is 15.5. The first-order valence-corrected chi connectivity index (χ1v) is 7.92. The van der Waals surface area contributed by atoms with E-state index in [1.165, 1.54) is 4.90 Å². The van der Waals surface area contributed by atoms with Gasteiger partial charge in [-0.3, -0.25) is 14.5 Å². The molecular formula is C17H21N3O3. The van der Waals surface area contributed by atoms with Gasteiger partial charge in [-0.05, 0) is 50.3 Å². The predicted molar refractivity (Wildman–Crippen MR) is 85.0 cm³/mol. The number of Topliss-reactive ketones (excluding diaryl/α,β-unsaturated/α-hetero) is 1. The van der Waals surface area contributed by atoms with Gasteiger partial charge in [0.1, 0.15) is 5.54 Å². The number of imide groups is 1. The number of ketones is 1. The summed E-state index contributed by atoms with van der Waals surface area (Å²) in [6.45, 7) is 1.55. The molecule has 122 valence electrons. The Bertz CT molecular complexity index is 677. The van der Waals surface area contributed by atoms with E-state index in [9.17, 15) is 14.4 Å². The van der Waals surface area contributed by atoms with Crippen LogP contribution in [0.2, 0.25) is 0 Å². The molecule has 6 nitrogen and oxygen atoms in total. The molecule has 1 aromatic heterocycles. The Labute approximate surface area is 135 Å². The lowest BCUT2D eigenvalue weighted by Gasteiger charge is -2.33. The first-order valence-electron chi connectivity index (χ1n) is 7.92. The maximum Gasteiger partial charge on any atom is 0.328 e. The van der Waals surface area contributed by atoms with Crippen LogP contribution in [-0.4, -0.2) is 51.6 Å². The molecule has 1 aromatic rings. The minimum atomic E-state index is -0.965. The van der Waals surface area contributed by atoms with Crippen LogP contribution in [0.25, 0.3) is 0 Å². The third-order valence-electron chi connectivity index (χ3n) is 4.97. The number of nitrogens with one attached hydrogen (secondary N) is 1. The van der Waals surface area contributed by atoms with Gasteiger partial charge in [0.05, 0.1) is 12.2 Å². The fourth-order valence-electron chi connectivity index (χ4n) is 3.37. The highest BCUT2D eigenvalue weighted by Crippen LogP contribution is 2.37. The van der Waals surface area contributed by atoms with E-state index in [-0.39, 0.29) is 18.2 Å². The van der Waals surface area contributed by atoms with Crippen molar-refractivity contribution in [1.82, 2.24) is 14.8 Å². The number of aromatic nitrogens is 1. The van der Waals surface area contributed by atoms with E-state index in [1.807, 2.05) is 0 Å². The Morgan fingerprint density at radius 3 is 2.74 bits per heavy atom. The zero-order valence-electron chi connectivity index (χ0n) is 13.5. The molecule has 3 amide bonds. The number of likely N-dealkylation sites (N-methyl/N-ethyl adjacent to an activating group) is 1. The normalized spacial score (nSPS) is 25.0. The molecule has 23 heavy (non-hydrogen) atoms. The smallest absolute Gasteiger partial charge is 0.328 e. The van der Waals surface area contributed by atoms with Gasteiger partial charge in [0.25, 0.3) is 5.91 Å². The minimum Gasteiger partial charge on any atom is -0.359 e. The number of carbonyl (C=O) groups is 3. The van der Waals surface area contributed by atoms with Crippen LogP contribution in [0.1, 0.15) is 43.1 Å². The molecule has 0 spiro atoms. The number of aromatic amines is 1. The van der Waals surface area contributed by atoms with E-state index in [2.05, 4.69) is 11.1 Å². The number of rotatable bonds is 4. The highest BCUT2D eigenvalue weighted by atomic mass is 16.2. The molecule has 0 radical (unpaired) electrons. The van der Waals surface area contributed by atoms with Crippen molar-refractivity contribution in [2.45, 2.75) is 38.1 Å². The van der Waals surface area contributed by atoms with Crippen LogP contribution >= 0.6 is 0 Å². The molecule has 1 atom stereocenters. The Balaban J connectivity index is 1.86. The Kier molecular flexibility index (Phi) is 3.83. The minimum absolute atomic E-state index is 0.231. The van der Waals surface area contributed by atoms with Gasteiger partial charge in [0, 0.05) is 13.2 Å². The molecule has 6 heteroatoms. The summed E-state index contributed by atoms with van der Waals surface area (Å²) in [4.78, 5) is 43.0. The van der Waals surface area contributed by atoms with Crippen molar-refractivity contribution in [2.75, 3.05) is 13.6 Å². The third kappa shape index (κ3) is 2.38. The van der Waals surface area contributed by atoms with Crippen molar-refractivity contribution in [3.63, 3.8) is 0 Å². The molecule has 2 heterocycles. The number of carbonyl (C=O) groups excluding carboxylic acids is 3. The molecule has 0 saturated carbocycles. The van der Waals surface area contributed by atoms with Crippen molar-refractivity contribution in [1.29, 1.82) is 0 Å². The van der Waals surface area contributed by atoms with Crippen LogP contribution in [0.4, 0.5) is 4.79 Å². The molecule has 1 fully saturated rings. The third-order valence-corrected chi connectivity index (χ3v) is 4.97. The molecule has 2 aliphatic rings. The molecule has 1 aliphatic carbocycles. The monoisotopic (exact) mass is 315 g/mol. The maximum atomic E-state index is 12.9.